The van der Waals surface area contributed by atoms with Crippen molar-refractivity contribution in [3.63, 3.8) is 0 Å². The summed E-state index contributed by atoms with van der Waals surface area (Å²) in [7, 11) is 3.07. The normalized spacial score (nSPS) is 19.1. The molecule has 0 spiro atoms. The third kappa shape index (κ3) is 5.56. The maximum atomic E-state index is 11.9. The number of nitrogens with one attached hydrogen (secondary N) is 2. The van der Waals surface area contributed by atoms with Gasteiger partial charge in [0.2, 0.25) is 5.91 Å². The van der Waals surface area contributed by atoms with Crippen molar-refractivity contribution < 1.29 is 23.7 Å². The van der Waals surface area contributed by atoms with Crippen LogP contribution in [0, 0.1) is 0 Å². The minimum atomic E-state index is -0.249. The van der Waals surface area contributed by atoms with Crippen molar-refractivity contribution in [3.8, 4) is 22.8 Å². The maximum absolute atomic E-state index is 11.9. The van der Waals surface area contributed by atoms with Crippen molar-refractivity contribution in [2.45, 2.75) is 12.1 Å². The number of amides is 1. The van der Waals surface area contributed by atoms with Gasteiger partial charge in [-0.3, -0.25) is 4.79 Å². The van der Waals surface area contributed by atoms with Crippen LogP contribution in [0.1, 0.15) is 0 Å². The van der Waals surface area contributed by atoms with E-state index in [-0.39, 0.29) is 18.0 Å². The standard InChI is InChI=1S/C27H29Cl2N5O5/c1-4-23(35)32-19-14-39-13-18(19)31-22-10-16-15(12-30-22)9-17(33-27(16)34-5-7-38-8-6-34)24-25(28)20(36-2)11-21(37-3)26(24)29/h4,9-12,18-19H,1,5-8,13-14H2,2-3H3,(H,30,31)(H,32,35)/t18-,19+/m1/s1. The van der Waals surface area contributed by atoms with Gasteiger partial charge in [0.25, 0.3) is 0 Å². The van der Waals surface area contributed by atoms with Gasteiger partial charge in [0, 0.05) is 41.7 Å². The number of nitrogens with zero attached hydrogens (tertiary/aromatic N) is 3. The number of anilines is 2. The van der Waals surface area contributed by atoms with Crippen molar-refractivity contribution in [2.75, 3.05) is 64.0 Å². The molecule has 1 amide bonds. The number of pyridine rings is 2. The number of ether oxygens (including phenoxy) is 4. The van der Waals surface area contributed by atoms with E-state index in [0.717, 1.165) is 16.6 Å². The Morgan fingerprint density at radius 1 is 1.08 bits per heavy atom. The van der Waals surface area contributed by atoms with E-state index in [9.17, 15) is 4.79 Å². The summed E-state index contributed by atoms with van der Waals surface area (Å²) in [5, 5.41) is 8.72. The molecule has 10 nitrogen and oxygen atoms in total. The summed E-state index contributed by atoms with van der Waals surface area (Å²) < 4.78 is 22.1. The Hall–Kier alpha value is -3.31. The average molecular weight is 574 g/mol. The first kappa shape index (κ1) is 27.3. The Kier molecular flexibility index (Phi) is 8.27. The van der Waals surface area contributed by atoms with Gasteiger partial charge < -0.3 is 34.5 Å². The molecule has 3 aromatic rings. The van der Waals surface area contributed by atoms with Crippen molar-refractivity contribution in [2.24, 2.45) is 0 Å². The quantitative estimate of drug-likeness (QED) is 0.387. The molecular weight excluding hydrogens is 545 g/mol. The lowest BCUT2D eigenvalue weighted by Crippen LogP contribution is -2.45. The number of carbonyl (C=O) groups is 1. The van der Waals surface area contributed by atoms with E-state index in [1.807, 2.05) is 12.1 Å². The van der Waals surface area contributed by atoms with Crippen LogP contribution in [0.4, 0.5) is 11.6 Å². The molecule has 1 aromatic carbocycles. The largest absolute Gasteiger partial charge is 0.495 e. The molecule has 2 atom stereocenters. The summed E-state index contributed by atoms with van der Waals surface area (Å²) in [5.41, 5.74) is 1.08. The molecule has 206 valence electrons. The first-order valence-electron chi connectivity index (χ1n) is 12.4. The molecule has 0 unspecified atom stereocenters. The smallest absolute Gasteiger partial charge is 0.243 e. The lowest BCUT2D eigenvalue weighted by molar-refractivity contribution is -0.117. The highest BCUT2D eigenvalue weighted by molar-refractivity contribution is 6.41. The summed E-state index contributed by atoms with van der Waals surface area (Å²) in [6.45, 7) is 6.88. The van der Waals surface area contributed by atoms with Gasteiger partial charge >= 0.3 is 0 Å². The molecule has 2 N–H and O–H groups in total. The number of rotatable bonds is 8. The Bertz CT molecular complexity index is 1370. The molecule has 2 fully saturated rings. The number of halogens is 2. The van der Waals surface area contributed by atoms with Gasteiger partial charge in [-0.15, -0.1) is 0 Å². The van der Waals surface area contributed by atoms with Crippen LogP contribution in [0.5, 0.6) is 11.5 Å². The van der Waals surface area contributed by atoms with E-state index in [0.29, 0.717) is 78.1 Å². The number of methoxy groups -OCH3 is 2. The molecular formula is C27H29Cl2N5O5. The average Bonchev–Trinajstić information content (AvgIpc) is 3.39. The fourth-order valence-corrected chi connectivity index (χ4v) is 5.43. The third-order valence-corrected chi connectivity index (χ3v) is 7.51. The van der Waals surface area contributed by atoms with Gasteiger partial charge in [0.1, 0.15) is 23.1 Å². The molecule has 0 bridgehead atoms. The zero-order chi connectivity index (χ0) is 27.5. The topological polar surface area (TPSA) is 107 Å². The van der Waals surface area contributed by atoms with E-state index >= 15 is 0 Å². The van der Waals surface area contributed by atoms with Crippen molar-refractivity contribution in [1.82, 2.24) is 15.3 Å². The minimum Gasteiger partial charge on any atom is -0.495 e. The third-order valence-electron chi connectivity index (χ3n) is 6.76. The van der Waals surface area contributed by atoms with Crippen LogP contribution in [0.2, 0.25) is 10.0 Å². The lowest BCUT2D eigenvalue weighted by Gasteiger charge is -2.29. The molecule has 2 aliphatic rings. The molecule has 2 saturated heterocycles. The summed E-state index contributed by atoms with van der Waals surface area (Å²) in [6.07, 6.45) is 3.02. The number of hydrogen-bond donors (Lipinski definition) is 2. The Morgan fingerprint density at radius 2 is 1.77 bits per heavy atom. The Labute approximate surface area is 236 Å². The summed E-state index contributed by atoms with van der Waals surface area (Å²) in [6, 6.07) is 5.14. The van der Waals surface area contributed by atoms with Crippen molar-refractivity contribution >= 4 is 51.5 Å². The summed E-state index contributed by atoms with van der Waals surface area (Å²) in [4.78, 5) is 23.7. The van der Waals surface area contributed by atoms with Crippen molar-refractivity contribution in [3.05, 3.63) is 47.1 Å². The molecule has 39 heavy (non-hydrogen) atoms. The zero-order valence-corrected chi connectivity index (χ0v) is 23.1. The highest BCUT2D eigenvalue weighted by Crippen LogP contribution is 2.46. The monoisotopic (exact) mass is 573 g/mol. The molecule has 2 aromatic heterocycles. The van der Waals surface area contributed by atoms with Crippen LogP contribution in [0.25, 0.3) is 22.0 Å². The molecule has 5 rings (SSSR count). The fraction of sp³-hybridized carbons (Fsp3) is 0.370. The van der Waals surface area contributed by atoms with Gasteiger partial charge in [0.15, 0.2) is 0 Å². The van der Waals surface area contributed by atoms with Gasteiger partial charge in [-0.25, -0.2) is 9.97 Å². The summed E-state index contributed by atoms with van der Waals surface area (Å²) >= 11 is 13.5. The SMILES string of the molecule is C=CC(=O)N[C@H]1COC[C@H]1Nc1cc2c(N3CCOCC3)nc(-c3c(Cl)c(OC)cc(OC)c3Cl)cc2cn1. The highest BCUT2D eigenvalue weighted by Gasteiger charge is 2.30. The van der Waals surface area contributed by atoms with E-state index in [1.165, 1.54) is 20.3 Å². The molecule has 0 saturated carbocycles. The van der Waals surface area contributed by atoms with Crippen LogP contribution in [0.15, 0.2) is 37.1 Å². The number of hydrogen-bond acceptors (Lipinski definition) is 9. The second kappa shape index (κ2) is 11.8. The maximum Gasteiger partial charge on any atom is 0.243 e. The minimum absolute atomic E-state index is 0.153. The molecule has 4 heterocycles. The molecule has 12 heteroatoms. The van der Waals surface area contributed by atoms with Crippen LogP contribution >= 0.6 is 23.2 Å². The van der Waals surface area contributed by atoms with Gasteiger partial charge in [0.05, 0.1) is 68.5 Å². The lowest BCUT2D eigenvalue weighted by atomic mass is 10.1. The first-order valence-corrected chi connectivity index (χ1v) is 13.2. The van der Waals surface area contributed by atoms with Crippen LogP contribution in [-0.4, -0.2) is 81.7 Å². The number of carbonyl (C=O) groups excluding carboxylic acids is 1. The molecule has 0 radical (unpaired) electrons. The van der Waals surface area contributed by atoms with Crippen LogP contribution < -0.4 is 25.0 Å². The highest BCUT2D eigenvalue weighted by atomic mass is 35.5. The fourth-order valence-electron chi connectivity index (χ4n) is 4.73. The van der Waals surface area contributed by atoms with E-state index < -0.39 is 0 Å². The Balaban J connectivity index is 1.59. The van der Waals surface area contributed by atoms with Crippen molar-refractivity contribution in [1.29, 1.82) is 0 Å². The number of benzene rings is 1. The van der Waals surface area contributed by atoms with Crippen LogP contribution in [-0.2, 0) is 14.3 Å². The second-order valence-electron chi connectivity index (χ2n) is 9.11. The number of aromatic nitrogens is 2. The number of morpholine rings is 1. The summed E-state index contributed by atoms with van der Waals surface area (Å²) in [5.74, 6) is 2.00. The zero-order valence-electron chi connectivity index (χ0n) is 21.6. The van der Waals surface area contributed by atoms with E-state index in [4.69, 9.17) is 47.1 Å². The van der Waals surface area contributed by atoms with Crippen LogP contribution in [0.3, 0.4) is 0 Å². The first-order chi connectivity index (χ1) is 18.9. The van der Waals surface area contributed by atoms with Gasteiger partial charge in [-0.2, -0.15) is 0 Å². The molecule has 0 aliphatic carbocycles. The van der Waals surface area contributed by atoms with E-state index in [1.54, 1.807) is 12.3 Å². The predicted molar refractivity (Wildman–Crippen MR) is 151 cm³/mol. The second-order valence-corrected chi connectivity index (χ2v) is 9.87. The van der Waals surface area contributed by atoms with Gasteiger partial charge in [-0.05, 0) is 18.2 Å². The predicted octanol–water partition coefficient (Wildman–Crippen LogP) is 3.94. The number of fused-ring (bicyclic) bond motifs is 1. The Morgan fingerprint density at radius 3 is 2.44 bits per heavy atom. The van der Waals surface area contributed by atoms with E-state index in [2.05, 4.69) is 27.1 Å². The van der Waals surface area contributed by atoms with Gasteiger partial charge in [-0.1, -0.05) is 29.8 Å². The molecule has 2 aliphatic heterocycles.